The van der Waals surface area contributed by atoms with E-state index in [1.807, 2.05) is 4.90 Å². The van der Waals surface area contributed by atoms with E-state index in [0.717, 1.165) is 32.3 Å². The number of ether oxygens (including phenoxy) is 1. The van der Waals surface area contributed by atoms with Crippen molar-refractivity contribution in [2.45, 2.75) is 76.5 Å². The van der Waals surface area contributed by atoms with Gasteiger partial charge in [0.15, 0.2) is 5.11 Å². The molecule has 2 aliphatic rings. The van der Waals surface area contributed by atoms with Gasteiger partial charge in [0.25, 0.3) is 0 Å². The Morgan fingerprint density at radius 3 is 2.56 bits per heavy atom. The number of benzene rings is 1. The van der Waals surface area contributed by atoms with Crippen molar-refractivity contribution in [1.82, 2.24) is 10.2 Å². The lowest BCUT2D eigenvalue weighted by Gasteiger charge is -2.32. The van der Waals surface area contributed by atoms with Crippen LogP contribution < -0.4 is 5.32 Å². The molecule has 1 atom stereocenters. The summed E-state index contributed by atoms with van der Waals surface area (Å²) in [5.41, 5.74) is 0.499. The minimum absolute atomic E-state index is 0.146. The first-order valence-corrected chi connectivity index (χ1v) is 11.0. The second-order valence-corrected chi connectivity index (χ2v) is 8.50. The Morgan fingerprint density at radius 2 is 1.89 bits per heavy atom. The molecule has 0 amide bonds. The summed E-state index contributed by atoms with van der Waals surface area (Å²) >= 11 is 12.0. The van der Waals surface area contributed by atoms with E-state index >= 15 is 0 Å². The molecule has 1 heterocycles. The highest BCUT2D eigenvalue weighted by Crippen LogP contribution is 2.23. The smallest absolute Gasteiger partial charge is 0.169 e. The van der Waals surface area contributed by atoms with Crippen LogP contribution in [0, 0.1) is 5.82 Å². The number of rotatable bonds is 5. The van der Waals surface area contributed by atoms with Crippen LogP contribution in [-0.2, 0) is 11.3 Å². The van der Waals surface area contributed by atoms with Crippen LogP contribution in [-0.4, -0.2) is 35.3 Å². The zero-order valence-corrected chi connectivity index (χ0v) is 17.5. The van der Waals surface area contributed by atoms with Gasteiger partial charge in [-0.2, -0.15) is 0 Å². The van der Waals surface area contributed by atoms with Crippen molar-refractivity contribution in [3.05, 3.63) is 34.6 Å². The Balaban J connectivity index is 1.68. The molecule has 0 aromatic heterocycles. The molecule has 6 heteroatoms. The summed E-state index contributed by atoms with van der Waals surface area (Å²) in [5.74, 6) is -0.284. The molecule has 1 aromatic rings. The molecule has 1 aliphatic carbocycles. The molecule has 3 rings (SSSR count). The van der Waals surface area contributed by atoms with E-state index in [2.05, 4.69) is 5.32 Å². The molecule has 1 aliphatic heterocycles. The summed E-state index contributed by atoms with van der Waals surface area (Å²) in [6.07, 6.45) is 11.0. The highest BCUT2D eigenvalue weighted by Gasteiger charge is 2.24. The lowest BCUT2D eigenvalue weighted by atomic mass is 9.97. The molecule has 27 heavy (non-hydrogen) atoms. The first-order valence-electron chi connectivity index (χ1n) is 10.2. The van der Waals surface area contributed by atoms with Gasteiger partial charge < -0.3 is 15.0 Å². The third kappa shape index (κ3) is 6.30. The van der Waals surface area contributed by atoms with Crippen molar-refractivity contribution >= 4 is 28.9 Å². The first kappa shape index (κ1) is 20.8. The van der Waals surface area contributed by atoms with Gasteiger partial charge in [-0.25, -0.2) is 4.39 Å². The molecule has 1 aromatic carbocycles. The second-order valence-electron chi connectivity index (χ2n) is 7.71. The fourth-order valence-electron chi connectivity index (χ4n) is 3.99. The third-order valence-corrected chi connectivity index (χ3v) is 6.31. The molecule has 2 fully saturated rings. The van der Waals surface area contributed by atoms with Gasteiger partial charge in [0.2, 0.25) is 0 Å². The number of hydrogen-bond acceptors (Lipinski definition) is 2. The molecule has 3 nitrogen and oxygen atoms in total. The molecule has 1 saturated heterocycles. The quantitative estimate of drug-likeness (QED) is 0.650. The van der Waals surface area contributed by atoms with Crippen LogP contribution in [0.3, 0.4) is 0 Å². The standard InChI is InChI=1S/C21H30ClFN2OS/c22-19-11-6-12-20(23)18(19)15-25(14-17-10-7-13-26-17)21(27)24-16-8-4-2-1-3-5-9-16/h6,11-12,16-17H,1-5,7-10,13-15H2,(H,24,27). The number of nitrogens with one attached hydrogen (secondary N) is 1. The fraction of sp³-hybridized carbons (Fsp3) is 0.667. The predicted octanol–water partition coefficient (Wildman–Crippen LogP) is 5.45. The van der Waals surface area contributed by atoms with Crippen molar-refractivity contribution in [2.75, 3.05) is 13.2 Å². The van der Waals surface area contributed by atoms with Crippen molar-refractivity contribution in [2.24, 2.45) is 0 Å². The molecule has 0 bridgehead atoms. The SMILES string of the molecule is Fc1cccc(Cl)c1CN(CC1CCCO1)C(=S)NC1CCCCCCC1. The fourth-order valence-corrected chi connectivity index (χ4v) is 4.52. The summed E-state index contributed by atoms with van der Waals surface area (Å²) in [7, 11) is 0. The topological polar surface area (TPSA) is 24.5 Å². The van der Waals surface area contributed by atoms with Crippen LogP contribution in [0.1, 0.15) is 63.4 Å². The van der Waals surface area contributed by atoms with Crippen molar-refractivity contribution in [3.8, 4) is 0 Å². The van der Waals surface area contributed by atoms with Gasteiger partial charge in [0.1, 0.15) is 5.82 Å². The Bertz CT molecular complexity index is 596. The van der Waals surface area contributed by atoms with Crippen LogP contribution in [0.15, 0.2) is 18.2 Å². The van der Waals surface area contributed by atoms with Gasteiger partial charge in [-0.05, 0) is 50.0 Å². The summed E-state index contributed by atoms with van der Waals surface area (Å²) in [5, 5.41) is 4.69. The Hall–Kier alpha value is -0.910. The molecule has 0 radical (unpaired) electrons. The minimum atomic E-state index is -0.284. The van der Waals surface area contributed by atoms with Crippen molar-refractivity contribution in [3.63, 3.8) is 0 Å². The van der Waals surface area contributed by atoms with Crippen molar-refractivity contribution in [1.29, 1.82) is 0 Å². The van der Waals surface area contributed by atoms with E-state index in [4.69, 9.17) is 28.6 Å². The summed E-state index contributed by atoms with van der Waals surface area (Å²) in [6.45, 7) is 1.83. The average molecular weight is 413 g/mol. The lowest BCUT2D eigenvalue weighted by molar-refractivity contribution is 0.0893. The Kier molecular flexibility index (Phi) is 8.16. The Morgan fingerprint density at radius 1 is 1.15 bits per heavy atom. The second kappa shape index (κ2) is 10.6. The van der Waals surface area contributed by atoms with E-state index in [1.165, 1.54) is 38.2 Å². The maximum Gasteiger partial charge on any atom is 0.169 e. The van der Waals surface area contributed by atoms with E-state index in [-0.39, 0.29) is 11.9 Å². The van der Waals surface area contributed by atoms with Crippen LogP contribution in [0.2, 0.25) is 5.02 Å². The molecule has 1 saturated carbocycles. The van der Waals surface area contributed by atoms with Crippen LogP contribution in [0.4, 0.5) is 4.39 Å². The normalized spacial score (nSPS) is 21.5. The first-order chi connectivity index (χ1) is 13.1. The average Bonchev–Trinajstić information content (AvgIpc) is 3.12. The molecular formula is C21H30ClFN2OS. The largest absolute Gasteiger partial charge is 0.376 e. The maximum atomic E-state index is 14.3. The van der Waals surface area contributed by atoms with Crippen LogP contribution in [0.25, 0.3) is 0 Å². The van der Waals surface area contributed by atoms with Crippen LogP contribution in [0.5, 0.6) is 0 Å². The molecule has 0 spiro atoms. The lowest BCUT2D eigenvalue weighted by Crippen LogP contribution is -2.47. The van der Waals surface area contributed by atoms with Gasteiger partial charge in [-0.1, -0.05) is 49.8 Å². The number of hydrogen-bond donors (Lipinski definition) is 1. The summed E-state index contributed by atoms with van der Waals surface area (Å²) in [4.78, 5) is 2.04. The van der Waals surface area contributed by atoms with Gasteiger partial charge in [-0.15, -0.1) is 0 Å². The van der Waals surface area contributed by atoms with Gasteiger partial charge in [-0.3, -0.25) is 0 Å². The predicted molar refractivity (Wildman–Crippen MR) is 113 cm³/mol. The zero-order chi connectivity index (χ0) is 19.1. The van der Waals surface area contributed by atoms with Crippen molar-refractivity contribution < 1.29 is 9.13 Å². The van der Waals surface area contributed by atoms with E-state index in [9.17, 15) is 4.39 Å². The molecule has 1 unspecified atom stereocenters. The highest BCUT2D eigenvalue weighted by atomic mass is 35.5. The Labute approximate surface area is 172 Å². The molecular weight excluding hydrogens is 383 g/mol. The van der Waals surface area contributed by atoms with E-state index < -0.39 is 0 Å². The van der Waals surface area contributed by atoms with Gasteiger partial charge in [0.05, 0.1) is 6.10 Å². The minimum Gasteiger partial charge on any atom is -0.376 e. The summed E-state index contributed by atoms with van der Waals surface area (Å²) < 4.78 is 20.1. The molecule has 150 valence electrons. The van der Waals surface area contributed by atoms with Gasteiger partial charge >= 0.3 is 0 Å². The number of halogens is 2. The third-order valence-electron chi connectivity index (χ3n) is 5.58. The highest BCUT2D eigenvalue weighted by molar-refractivity contribution is 7.80. The van der Waals surface area contributed by atoms with E-state index in [0.29, 0.717) is 34.8 Å². The van der Waals surface area contributed by atoms with Gasteiger partial charge in [0, 0.05) is 36.3 Å². The number of nitrogens with zero attached hydrogens (tertiary/aromatic N) is 1. The molecule has 1 N–H and O–H groups in total. The number of thiocarbonyl (C=S) groups is 1. The monoisotopic (exact) mass is 412 g/mol. The summed E-state index contributed by atoms with van der Waals surface area (Å²) in [6, 6.07) is 5.23. The van der Waals surface area contributed by atoms with Crippen LogP contribution >= 0.6 is 23.8 Å². The maximum absolute atomic E-state index is 14.3. The van der Waals surface area contributed by atoms with E-state index in [1.54, 1.807) is 12.1 Å². The zero-order valence-electron chi connectivity index (χ0n) is 15.9.